The van der Waals surface area contributed by atoms with Gasteiger partial charge in [-0.3, -0.25) is 37.3 Å². The Kier molecular flexibility index (Phi) is 57.6. The average Bonchev–Trinajstić information content (AvgIpc) is 3.51. The maximum Gasteiger partial charge on any atom is 0.472 e. The van der Waals surface area contributed by atoms with Gasteiger partial charge in [-0.25, -0.2) is 9.13 Å². The summed E-state index contributed by atoms with van der Waals surface area (Å²) in [5.41, 5.74) is 0. The lowest BCUT2D eigenvalue weighted by atomic mass is 10.00. The first-order valence-corrected chi connectivity index (χ1v) is 38.7. The van der Waals surface area contributed by atoms with Crippen molar-refractivity contribution in [1.82, 2.24) is 0 Å². The maximum absolute atomic E-state index is 13.0. The van der Waals surface area contributed by atoms with Crippen LogP contribution in [0.2, 0.25) is 0 Å². The fraction of sp³-hybridized carbons (Fsp3) is 0.942. The molecule has 3 unspecified atom stereocenters. The highest BCUT2D eigenvalue weighted by Crippen LogP contribution is 2.45. The molecule has 0 aliphatic heterocycles. The Hall–Kier alpha value is -1.94. The van der Waals surface area contributed by atoms with Gasteiger partial charge in [0, 0.05) is 25.7 Å². The van der Waals surface area contributed by atoms with Crippen LogP contribution in [0.25, 0.3) is 0 Å². The number of aliphatic hydroxyl groups is 1. The van der Waals surface area contributed by atoms with Crippen LogP contribution < -0.4 is 0 Å². The van der Waals surface area contributed by atoms with Crippen LogP contribution in [0.5, 0.6) is 0 Å². The second-order valence-electron chi connectivity index (χ2n) is 26.6. The first kappa shape index (κ1) is 86.1. The zero-order valence-electron chi connectivity index (χ0n) is 57.3. The molecule has 19 heteroatoms. The van der Waals surface area contributed by atoms with E-state index in [-0.39, 0.29) is 25.7 Å². The van der Waals surface area contributed by atoms with Gasteiger partial charge in [-0.1, -0.05) is 287 Å². The standard InChI is InChI=1S/C69H134O17P2/c1-9-62(8)48-40-32-27-28-34-42-50-67(72)80-56-65(86-69(74)52-44-36-26-20-19-23-31-39-47-61(6)7)58-84-88(77,78)82-54-63(70)53-81-87(75,76)83-57-64(55-79-66(71)49-41-33-24-18-14-16-22-30-38-46-60(4)5)85-68(73)51-43-35-25-17-13-11-10-12-15-21-29-37-45-59(2)3/h59-65,70H,9-58H2,1-8H3,(H,75,76)(H,77,78)/t62?,63-,64-,65-/m1/s1. The SMILES string of the molecule is CCC(C)CCCCCCCCC(=O)OC[C@H](COP(=O)(O)OC[C@H](O)COP(=O)(O)OC[C@@H](COC(=O)CCCCCCCCCCCC(C)C)OC(=O)CCCCCCCCCCCCCCC(C)C)OC(=O)CCCCCCCCCCC(C)C. The number of rotatable bonds is 66. The minimum atomic E-state index is -4.95. The minimum absolute atomic E-state index is 0.103. The monoisotopic (exact) mass is 1300 g/mol. The molecule has 522 valence electrons. The molecule has 0 rings (SSSR count). The van der Waals surface area contributed by atoms with E-state index in [1.165, 1.54) is 135 Å². The summed E-state index contributed by atoms with van der Waals surface area (Å²) in [6, 6.07) is 0. The summed E-state index contributed by atoms with van der Waals surface area (Å²) in [7, 11) is -9.90. The van der Waals surface area contributed by atoms with Gasteiger partial charge in [0.1, 0.15) is 19.3 Å². The summed E-state index contributed by atoms with van der Waals surface area (Å²) in [5.74, 6) is 0.837. The van der Waals surface area contributed by atoms with Gasteiger partial charge in [0.05, 0.1) is 26.4 Å². The summed E-state index contributed by atoms with van der Waals surface area (Å²) >= 11 is 0. The quantitative estimate of drug-likeness (QED) is 0.0222. The molecule has 0 amide bonds. The van der Waals surface area contributed by atoms with E-state index >= 15 is 0 Å². The smallest absolute Gasteiger partial charge is 0.462 e. The van der Waals surface area contributed by atoms with Crippen LogP contribution in [0.3, 0.4) is 0 Å². The van der Waals surface area contributed by atoms with E-state index in [2.05, 4.69) is 55.4 Å². The first-order valence-electron chi connectivity index (χ1n) is 35.7. The third kappa shape index (κ3) is 61.6. The summed E-state index contributed by atoms with van der Waals surface area (Å²) < 4.78 is 68.2. The molecule has 0 heterocycles. The third-order valence-corrected chi connectivity index (χ3v) is 18.1. The fourth-order valence-corrected chi connectivity index (χ4v) is 11.9. The number of phosphoric acid groups is 2. The van der Waals surface area contributed by atoms with Crippen molar-refractivity contribution in [2.75, 3.05) is 39.6 Å². The number of hydrogen-bond donors (Lipinski definition) is 3. The van der Waals surface area contributed by atoms with Crippen LogP contribution in [0.15, 0.2) is 0 Å². The van der Waals surface area contributed by atoms with E-state index in [1.807, 2.05) is 0 Å². The first-order chi connectivity index (χ1) is 42.1. The second-order valence-corrected chi connectivity index (χ2v) is 29.5. The Morgan fingerprint density at radius 2 is 0.545 bits per heavy atom. The number of ether oxygens (including phenoxy) is 4. The van der Waals surface area contributed by atoms with Gasteiger partial charge in [-0.05, 0) is 49.4 Å². The van der Waals surface area contributed by atoms with Crippen LogP contribution in [0.1, 0.15) is 338 Å². The lowest BCUT2D eigenvalue weighted by Crippen LogP contribution is -2.30. The number of carbonyl (C=O) groups is 4. The van der Waals surface area contributed by atoms with E-state index in [9.17, 15) is 43.2 Å². The zero-order chi connectivity index (χ0) is 65.4. The predicted octanol–water partition coefficient (Wildman–Crippen LogP) is 19.3. The maximum atomic E-state index is 13.0. The molecule has 0 spiro atoms. The van der Waals surface area contributed by atoms with E-state index < -0.39 is 97.5 Å². The van der Waals surface area contributed by atoms with Crippen molar-refractivity contribution in [2.24, 2.45) is 23.7 Å². The van der Waals surface area contributed by atoms with Gasteiger partial charge in [-0.2, -0.15) is 0 Å². The lowest BCUT2D eigenvalue weighted by molar-refractivity contribution is -0.161. The number of phosphoric ester groups is 2. The molecule has 17 nitrogen and oxygen atoms in total. The van der Waals surface area contributed by atoms with Crippen LogP contribution >= 0.6 is 15.6 Å². The van der Waals surface area contributed by atoms with Crippen molar-refractivity contribution < 1.29 is 80.2 Å². The molecule has 0 aromatic heterocycles. The Balaban J connectivity index is 5.26. The summed E-state index contributed by atoms with van der Waals surface area (Å²) in [6.07, 6.45) is 40.4. The van der Waals surface area contributed by atoms with Crippen molar-refractivity contribution in [2.45, 2.75) is 356 Å². The van der Waals surface area contributed by atoms with Crippen molar-refractivity contribution in [3.05, 3.63) is 0 Å². The molecule has 0 aliphatic rings. The molecule has 0 saturated heterocycles. The molecule has 0 saturated carbocycles. The van der Waals surface area contributed by atoms with Gasteiger partial charge in [-0.15, -0.1) is 0 Å². The van der Waals surface area contributed by atoms with Crippen molar-refractivity contribution in [3.8, 4) is 0 Å². The van der Waals surface area contributed by atoms with Gasteiger partial charge in [0.25, 0.3) is 0 Å². The van der Waals surface area contributed by atoms with E-state index in [4.69, 9.17) is 37.0 Å². The number of aliphatic hydroxyl groups excluding tert-OH is 1. The Morgan fingerprint density at radius 1 is 0.318 bits per heavy atom. The minimum Gasteiger partial charge on any atom is -0.462 e. The third-order valence-electron chi connectivity index (χ3n) is 16.2. The number of carbonyl (C=O) groups excluding carboxylic acids is 4. The number of hydrogen-bond acceptors (Lipinski definition) is 15. The largest absolute Gasteiger partial charge is 0.472 e. The van der Waals surface area contributed by atoms with E-state index in [1.54, 1.807) is 0 Å². The molecule has 0 aromatic rings. The van der Waals surface area contributed by atoms with Crippen LogP contribution in [-0.4, -0.2) is 96.7 Å². The molecular weight excluding hydrogens is 1160 g/mol. The van der Waals surface area contributed by atoms with Crippen molar-refractivity contribution in [3.63, 3.8) is 0 Å². The predicted molar refractivity (Wildman–Crippen MR) is 354 cm³/mol. The van der Waals surface area contributed by atoms with Gasteiger partial charge >= 0.3 is 39.5 Å². The molecule has 0 fully saturated rings. The molecular formula is C69H134O17P2. The number of unbranched alkanes of at least 4 members (excludes halogenated alkanes) is 31. The normalized spacial score (nSPS) is 14.6. The van der Waals surface area contributed by atoms with E-state index in [0.717, 1.165) is 120 Å². The van der Waals surface area contributed by atoms with Crippen LogP contribution in [-0.2, 0) is 65.4 Å². The summed E-state index contributed by atoms with van der Waals surface area (Å²) in [5, 5.41) is 10.6. The lowest BCUT2D eigenvalue weighted by Gasteiger charge is -2.21. The topological polar surface area (TPSA) is 237 Å². The number of esters is 4. The highest BCUT2D eigenvalue weighted by atomic mass is 31.2. The average molecular weight is 1300 g/mol. The van der Waals surface area contributed by atoms with E-state index in [0.29, 0.717) is 25.7 Å². The second kappa shape index (κ2) is 58.8. The Bertz CT molecular complexity index is 1750. The van der Waals surface area contributed by atoms with Crippen molar-refractivity contribution >= 4 is 39.5 Å². The molecule has 88 heavy (non-hydrogen) atoms. The molecule has 0 radical (unpaired) electrons. The highest BCUT2D eigenvalue weighted by Gasteiger charge is 2.30. The zero-order valence-corrected chi connectivity index (χ0v) is 59.1. The van der Waals surface area contributed by atoms with Gasteiger partial charge in [0.2, 0.25) is 0 Å². The Labute approximate surface area is 537 Å². The summed E-state index contributed by atoms with van der Waals surface area (Å²) in [6.45, 7) is 14.0. The highest BCUT2D eigenvalue weighted by molar-refractivity contribution is 7.47. The molecule has 3 N–H and O–H groups in total. The van der Waals surface area contributed by atoms with Crippen LogP contribution in [0.4, 0.5) is 0 Å². The molecule has 0 aliphatic carbocycles. The van der Waals surface area contributed by atoms with Crippen LogP contribution in [0, 0.1) is 23.7 Å². The Morgan fingerprint density at radius 3 is 0.807 bits per heavy atom. The fourth-order valence-electron chi connectivity index (χ4n) is 10.3. The van der Waals surface area contributed by atoms with Crippen molar-refractivity contribution in [1.29, 1.82) is 0 Å². The molecule has 0 aromatic carbocycles. The molecule has 6 atom stereocenters. The van der Waals surface area contributed by atoms with Gasteiger partial charge < -0.3 is 33.8 Å². The van der Waals surface area contributed by atoms with Gasteiger partial charge in [0.15, 0.2) is 12.2 Å². The molecule has 0 bridgehead atoms. The summed E-state index contributed by atoms with van der Waals surface area (Å²) in [4.78, 5) is 72.5.